The Morgan fingerprint density at radius 2 is 1.90 bits per heavy atom. The smallest absolute Gasteiger partial charge is 0.328 e. The Bertz CT molecular complexity index is 717. The number of aromatic nitrogens is 5. The molecule has 0 aliphatic rings. The van der Waals surface area contributed by atoms with Gasteiger partial charge in [-0.25, -0.2) is 4.98 Å². The highest BCUT2D eigenvalue weighted by molar-refractivity contribution is 14.1. The molecule has 0 bridgehead atoms. The maximum Gasteiger partial charge on any atom is 0.328 e. The van der Waals surface area contributed by atoms with Crippen LogP contribution in [0, 0.1) is 3.57 Å². The number of rotatable bonds is 3. The molecule has 0 amide bonds. The van der Waals surface area contributed by atoms with E-state index in [4.69, 9.17) is 16.3 Å². The first kappa shape index (κ1) is 13.3. The third-order valence-electron chi connectivity index (χ3n) is 2.33. The number of benzene rings is 1. The van der Waals surface area contributed by atoms with Gasteiger partial charge in [-0.2, -0.15) is 15.0 Å². The van der Waals surface area contributed by atoms with Crippen molar-refractivity contribution in [1.82, 2.24) is 24.5 Å². The van der Waals surface area contributed by atoms with Crippen molar-refractivity contribution in [1.29, 1.82) is 0 Å². The summed E-state index contributed by atoms with van der Waals surface area (Å²) in [5.41, 5.74) is 0. The Balaban J connectivity index is 1.92. The second-order valence-corrected chi connectivity index (χ2v) is 5.30. The summed E-state index contributed by atoms with van der Waals surface area (Å²) in [6.07, 6.45) is 4.90. The van der Waals surface area contributed by atoms with E-state index in [-0.39, 0.29) is 11.3 Å². The second kappa shape index (κ2) is 5.71. The first-order chi connectivity index (χ1) is 9.70. The zero-order chi connectivity index (χ0) is 13.9. The number of halogens is 2. The minimum atomic E-state index is 0.0595. The SMILES string of the molecule is Clc1nc(Oc2ccc(I)cc2)nc(-n2ccnc2)n1. The van der Waals surface area contributed by atoms with Gasteiger partial charge >= 0.3 is 6.01 Å². The van der Waals surface area contributed by atoms with Crippen molar-refractivity contribution in [3.63, 3.8) is 0 Å². The first-order valence-electron chi connectivity index (χ1n) is 5.54. The van der Waals surface area contributed by atoms with E-state index in [9.17, 15) is 0 Å². The van der Waals surface area contributed by atoms with Gasteiger partial charge in [0.1, 0.15) is 12.1 Å². The molecule has 6 nitrogen and oxygen atoms in total. The van der Waals surface area contributed by atoms with Crippen LogP contribution in [0.25, 0.3) is 5.95 Å². The van der Waals surface area contributed by atoms with Crippen LogP contribution < -0.4 is 4.74 Å². The van der Waals surface area contributed by atoms with Crippen LogP contribution in [0.5, 0.6) is 11.8 Å². The fourth-order valence-corrected chi connectivity index (χ4v) is 1.98. The molecule has 0 saturated carbocycles. The zero-order valence-electron chi connectivity index (χ0n) is 9.94. The third-order valence-corrected chi connectivity index (χ3v) is 3.22. The maximum absolute atomic E-state index is 5.88. The molecule has 0 unspecified atom stereocenters. The molecule has 3 aromatic rings. The molecule has 2 heterocycles. The Morgan fingerprint density at radius 1 is 1.10 bits per heavy atom. The van der Waals surface area contributed by atoms with Crippen molar-refractivity contribution < 1.29 is 4.74 Å². The molecule has 0 aliphatic heterocycles. The highest BCUT2D eigenvalue weighted by atomic mass is 127. The Morgan fingerprint density at radius 3 is 2.60 bits per heavy atom. The monoisotopic (exact) mass is 399 g/mol. The lowest BCUT2D eigenvalue weighted by molar-refractivity contribution is 0.438. The predicted molar refractivity (Wildman–Crippen MR) is 81.2 cm³/mol. The van der Waals surface area contributed by atoms with Gasteiger partial charge in [-0.15, -0.1) is 0 Å². The maximum atomic E-state index is 5.88. The van der Waals surface area contributed by atoms with E-state index in [1.807, 2.05) is 24.3 Å². The normalized spacial score (nSPS) is 10.5. The summed E-state index contributed by atoms with van der Waals surface area (Å²) in [6, 6.07) is 7.65. The van der Waals surface area contributed by atoms with Crippen molar-refractivity contribution in [2.75, 3.05) is 0 Å². The number of hydrogen-bond acceptors (Lipinski definition) is 5. The molecular formula is C12H7ClIN5O. The topological polar surface area (TPSA) is 65.7 Å². The summed E-state index contributed by atoms with van der Waals surface area (Å²) in [5, 5.41) is 0.0595. The molecule has 0 fully saturated rings. The summed E-state index contributed by atoms with van der Waals surface area (Å²) < 4.78 is 8.30. The summed E-state index contributed by atoms with van der Waals surface area (Å²) in [4.78, 5) is 16.1. The highest BCUT2D eigenvalue weighted by Gasteiger charge is 2.08. The molecule has 1 aromatic carbocycles. The Kier molecular flexibility index (Phi) is 3.79. The van der Waals surface area contributed by atoms with E-state index in [0.29, 0.717) is 11.7 Å². The van der Waals surface area contributed by atoms with Gasteiger partial charge in [0.05, 0.1) is 0 Å². The molecule has 0 aliphatic carbocycles. The molecule has 0 radical (unpaired) electrons. The molecule has 3 rings (SSSR count). The summed E-state index contributed by atoms with van der Waals surface area (Å²) >= 11 is 8.10. The number of hydrogen-bond donors (Lipinski definition) is 0. The molecule has 2 aromatic heterocycles. The van der Waals surface area contributed by atoms with E-state index in [0.717, 1.165) is 3.57 Å². The summed E-state index contributed by atoms with van der Waals surface area (Å²) in [7, 11) is 0. The van der Waals surface area contributed by atoms with Gasteiger partial charge in [-0.05, 0) is 58.5 Å². The number of ether oxygens (including phenoxy) is 1. The minimum Gasteiger partial charge on any atom is -0.424 e. The van der Waals surface area contributed by atoms with Gasteiger partial charge < -0.3 is 4.74 Å². The summed E-state index contributed by atoms with van der Waals surface area (Å²) in [5.74, 6) is 0.979. The largest absolute Gasteiger partial charge is 0.424 e. The molecule has 100 valence electrons. The Labute approximate surface area is 133 Å². The second-order valence-electron chi connectivity index (χ2n) is 3.71. The molecular weight excluding hydrogens is 393 g/mol. The van der Waals surface area contributed by atoms with Crippen LogP contribution in [0.1, 0.15) is 0 Å². The van der Waals surface area contributed by atoms with E-state index in [1.165, 1.54) is 0 Å². The lowest BCUT2D eigenvalue weighted by Gasteiger charge is -2.06. The van der Waals surface area contributed by atoms with Crippen LogP contribution in [-0.2, 0) is 0 Å². The van der Waals surface area contributed by atoms with Gasteiger partial charge in [0.2, 0.25) is 11.2 Å². The van der Waals surface area contributed by atoms with Gasteiger partial charge in [-0.1, -0.05) is 0 Å². The lowest BCUT2D eigenvalue weighted by Crippen LogP contribution is -2.03. The quantitative estimate of drug-likeness (QED) is 0.633. The Hall–Kier alpha value is -1.74. The average molecular weight is 400 g/mol. The minimum absolute atomic E-state index is 0.0595. The lowest BCUT2D eigenvalue weighted by atomic mass is 10.3. The molecule has 0 spiro atoms. The van der Waals surface area contributed by atoms with E-state index in [2.05, 4.69) is 42.5 Å². The molecule has 8 heteroatoms. The number of nitrogens with zero attached hydrogens (tertiary/aromatic N) is 5. The van der Waals surface area contributed by atoms with Crippen molar-refractivity contribution in [2.24, 2.45) is 0 Å². The van der Waals surface area contributed by atoms with E-state index >= 15 is 0 Å². The molecule has 0 N–H and O–H groups in total. The fourth-order valence-electron chi connectivity index (χ4n) is 1.47. The molecule has 0 atom stereocenters. The van der Waals surface area contributed by atoms with Crippen LogP contribution in [0.3, 0.4) is 0 Å². The third kappa shape index (κ3) is 3.05. The molecule has 0 saturated heterocycles. The average Bonchev–Trinajstić information content (AvgIpc) is 2.95. The van der Waals surface area contributed by atoms with Crippen LogP contribution in [0.4, 0.5) is 0 Å². The fraction of sp³-hybridized carbons (Fsp3) is 0. The highest BCUT2D eigenvalue weighted by Crippen LogP contribution is 2.20. The number of imidazole rings is 1. The van der Waals surface area contributed by atoms with E-state index in [1.54, 1.807) is 23.3 Å². The van der Waals surface area contributed by atoms with Crippen LogP contribution >= 0.6 is 34.2 Å². The van der Waals surface area contributed by atoms with Crippen molar-refractivity contribution >= 4 is 34.2 Å². The summed E-state index contributed by atoms with van der Waals surface area (Å²) in [6.45, 7) is 0. The van der Waals surface area contributed by atoms with Crippen molar-refractivity contribution in [3.05, 3.63) is 51.8 Å². The van der Waals surface area contributed by atoms with Crippen molar-refractivity contribution in [2.45, 2.75) is 0 Å². The van der Waals surface area contributed by atoms with Gasteiger partial charge in [0.25, 0.3) is 0 Å². The van der Waals surface area contributed by atoms with E-state index < -0.39 is 0 Å². The van der Waals surface area contributed by atoms with Gasteiger partial charge in [0.15, 0.2) is 0 Å². The standard InChI is InChI=1S/C12H7ClIN5O/c13-10-16-11(19-6-5-15-7-19)18-12(17-10)20-9-3-1-8(14)2-4-9/h1-7H. The van der Waals surface area contributed by atoms with Crippen LogP contribution in [0.2, 0.25) is 5.28 Å². The predicted octanol–water partition coefficient (Wildman–Crippen LogP) is 3.11. The van der Waals surface area contributed by atoms with Gasteiger partial charge in [0, 0.05) is 16.0 Å². The first-order valence-corrected chi connectivity index (χ1v) is 7.00. The van der Waals surface area contributed by atoms with Crippen molar-refractivity contribution in [3.8, 4) is 17.7 Å². The van der Waals surface area contributed by atoms with Gasteiger partial charge in [-0.3, -0.25) is 4.57 Å². The zero-order valence-corrected chi connectivity index (χ0v) is 12.9. The van der Waals surface area contributed by atoms with Crippen LogP contribution in [0.15, 0.2) is 43.0 Å². The molecule has 20 heavy (non-hydrogen) atoms. The van der Waals surface area contributed by atoms with Crippen LogP contribution in [-0.4, -0.2) is 24.5 Å².